The Kier molecular flexibility index (Phi) is 2.99. The fourth-order valence-corrected chi connectivity index (χ4v) is 1.42. The van der Waals surface area contributed by atoms with Gasteiger partial charge in [-0.25, -0.2) is 9.67 Å². The van der Waals surface area contributed by atoms with Gasteiger partial charge in [0.15, 0.2) is 5.65 Å². The molecule has 17 heavy (non-hydrogen) atoms. The molecule has 0 aromatic carbocycles. The summed E-state index contributed by atoms with van der Waals surface area (Å²) in [5, 5.41) is 13.5. The topological polar surface area (TPSA) is 116 Å². The molecule has 0 bridgehead atoms. The molecule has 2 rings (SSSR count). The summed E-state index contributed by atoms with van der Waals surface area (Å²) in [6.45, 7) is 0.380. The standard InChI is InChI=1S/C8H9N5O4/c14-8-6-4-11-12(7(6)9-5-10-8)2-1-3-17-13(15)16/h4-5H,1-3H2,(H,9,10,14). The Hall–Kier alpha value is -2.45. The largest absolute Gasteiger partial charge is 0.314 e. The van der Waals surface area contributed by atoms with Gasteiger partial charge in [-0.05, 0) is 6.42 Å². The predicted molar refractivity (Wildman–Crippen MR) is 55.7 cm³/mol. The van der Waals surface area contributed by atoms with E-state index in [0.29, 0.717) is 24.0 Å². The van der Waals surface area contributed by atoms with Crippen LogP contribution in [0.25, 0.3) is 11.0 Å². The van der Waals surface area contributed by atoms with Crippen LogP contribution in [0.1, 0.15) is 6.42 Å². The maximum Gasteiger partial charge on any atom is 0.294 e. The van der Waals surface area contributed by atoms with E-state index in [2.05, 4.69) is 19.9 Å². The molecule has 2 aromatic rings. The molecule has 1 N–H and O–H groups in total. The van der Waals surface area contributed by atoms with Crippen molar-refractivity contribution in [1.29, 1.82) is 0 Å². The molecule has 0 unspecified atom stereocenters. The quantitative estimate of drug-likeness (QED) is 0.435. The van der Waals surface area contributed by atoms with E-state index >= 15 is 0 Å². The Balaban J connectivity index is 2.07. The zero-order valence-corrected chi connectivity index (χ0v) is 8.70. The van der Waals surface area contributed by atoms with Crippen LogP contribution in [0.15, 0.2) is 17.3 Å². The zero-order valence-electron chi connectivity index (χ0n) is 8.70. The summed E-state index contributed by atoms with van der Waals surface area (Å²) in [5.74, 6) is 0. The van der Waals surface area contributed by atoms with Crippen molar-refractivity contribution in [1.82, 2.24) is 19.7 Å². The molecule has 0 aliphatic rings. The third-order valence-corrected chi connectivity index (χ3v) is 2.15. The summed E-state index contributed by atoms with van der Waals surface area (Å²) in [6.07, 6.45) is 3.11. The van der Waals surface area contributed by atoms with Crippen molar-refractivity contribution in [3.8, 4) is 0 Å². The van der Waals surface area contributed by atoms with Gasteiger partial charge in [-0.2, -0.15) is 5.10 Å². The van der Waals surface area contributed by atoms with E-state index < -0.39 is 5.09 Å². The lowest BCUT2D eigenvalue weighted by molar-refractivity contribution is -0.757. The lowest BCUT2D eigenvalue weighted by atomic mass is 10.4. The van der Waals surface area contributed by atoms with E-state index in [1.165, 1.54) is 17.2 Å². The van der Waals surface area contributed by atoms with Crippen molar-refractivity contribution in [3.05, 3.63) is 33.0 Å². The molecule has 0 aliphatic heterocycles. The molecule has 0 saturated carbocycles. The Labute approximate surface area is 94.1 Å². The van der Waals surface area contributed by atoms with Gasteiger partial charge < -0.3 is 9.82 Å². The minimum Gasteiger partial charge on any atom is -0.314 e. The molecule has 0 fully saturated rings. The molecule has 0 saturated heterocycles. The molecular formula is C8H9N5O4. The molecule has 0 radical (unpaired) electrons. The SMILES string of the molecule is O=c1[nH]cnc2c1cnn2CCCO[N+](=O)[O-]. The van der Waals surface area contributed by atoms with Crippen molar-refractivity contribution < 1.29 is 9.92 Å². The van der Waals surface area contributed by atoms with Crippen LogP contribution < -0.4 is 5.56 Å². The number of rotatable bonds is 5. The molecular weight excluding hydrogens is 230 g/mol. The first kappa shape index (κ1) is 11.0. The molecule has 2 aromatic heterocycles. The highest BCUT2D eigenvalue weighted by Gasteiger charge is 2.06. The fraction of sp³-hybridized carbons (Fsp3) is 0.375. The van der Waals surface area contributed by atoms with Gasteiger partial charge in [0.25, 0.3) is 10.6 Å². The number of hydrogen-bond acceptors (Lipinski definition) is 6. The van der Waals surface area contributed by atoms with Gasteiger partial charge in [0.05, 0.1) is 19.1 Å². The van der Waals surface area contributed by atoms with Gasteiger partial charge in [0, 0.05) is 6.54 Å². The van der Waals surface area contributed by atoms with Crippen molar-refractivity contribution in [3.63, 3.8) is 0 Å². The minimum absolute atomic E-state index is 0.0163. The average molecular weight is 239 g/mol. The Bertz CT molecular complexity index is 589. The van der Waals surface area contributed by atoms with Gasteiger partial charge in [-0.3, -0.25) is 4.79 Å². The van der Waals surface area contributed by atoms with Crippen LogP contribution in [-0.2, 0) is 11.4 Å². The second kappa shape index (κ2) is 4.60. The average Bonchev–Trinajstić information content (AvgIpc) is 2.69. The van der Waals surface area contributed by atoms with Gasteiger partial charge in [-0.15, -0.1) is 10.1 Å². The number of nitrogens with zero attached hydrogens (tertiary/aromatic N) is 4. The van der Waals surface area contributed by atoms with E-state index in [1.54, 1.807) is 0 Å². The first-order valence-corrected chi connectivity index (χ1v) is 4.85. The summed E-state index contributed by atoms with van der Waals surface area (Å²) in [4.78, 5) is 31.9. The maximum atomic E-state index is 11.3. The van der Waals surface area contributed by atoms with Crippen LogP contribution in [0, 0.1) is 10.1 Å². The maximum absolute atomic E-state index is 11.3. The Morgan fingerprint density at radius 3 is 3.18 bits per heavy atom. The van der Waals surface area contributed by atoms with E-state index in [1.807, 2.05) is 0 Å². The molecule has 0 atom stereocenters. The molecule has 0 aliphatic carbocycles. The first-order valence-electron chi connectivity index (χ1n) is 4.85. The van der Waals surface area contributed by atoms with Crippen molar-refractivity contribution in [2.75, 3.05) is 6.61 Å². The number of aromatic nitrogens is 4. The van der Waals surface area contributed by atoms with Crippen LogP contribution in [-0.4, -0.2) is 31.4 Å². The molecule has 90 valence electrons. The summed E-state index contributed by atoms with van der Waals surface area (Å²) in [6, 6.07) is 0. The van der Waals surface area contributed by atoms with Crippen LogP contribution in [0.5, 0.6) is 0 Å². The molecule has 9 heteroatoms. The van der Waals surface area contributed by atoms with Crippen molar-refractivity contribution in [2.24, 2.45) is 0 Å². The van der Waals surface area contributed by atoms with Gasteiger partial charge in [-0.1, -0.05) is 0 Å². The van der Waals surface area contributed by atoms with Crippen molar-refractivity contribution >= 4 is 11.0 Å². The Morgan fingerprint density at radius 2 is 2.41 bits per heavy atom. The number of hydrogen-bond donors (Lipinski definition) is 1. The van der Waals surface area contributed by atoms with Crippen molar-refractivity contribution in [2.45, 2.75) is 13.0 Å². The highest BCUT2D eigenvalue weighted by Crippen LogP contribution is 2.04. The Morgan fingerprint density at radius 1 is 1.59 bits per heavy atom. The highest BCUT2D eigenvalue weighted by molar-refractivity contribution is 5.72. The van der Waals surface area contributed by atoms with Crippen LogP contribution >= 0.6 is 0 Å². The summed E-state index contributed by atoms with van der Waals surface area (Å²) < 4.78 is 1.51. The van der Waals surface area contributed by atoms with Gasteiger partial charge >= 0.3 is 0 Å². The second-order valence-corrected chi connectivity index (χ2v) is 3.25. The van der Waals surface area contributed by atoms with Crippen LogP contribution in [0.3, 0.4) is 0 Å². The molecule has 2 heterocycles. The fourth-order valence-electron chi connectivity index (χ4n) is 1.42. The minimum atomic E-state index is -0.843. The highest BCUT2D eigenvalue weighted by atomic mass is 16.9. The van der Waals surface area contributed by atoms with Crippen LogP contribution in [0.2, 0.25) is 0 Å². The van der Waals surface area contributed by atoms with Gasteiger partial charge in [0.1, 0.15) is 5.39 Å². The molecule has 0 amide bonds. The van der Waals surface area contributed by atoms with Gasteiger partial charge in [0.2, 0.25) is 0 Å². The lowest BCUT2D eigenvalue weighted by Gasteiger charge is -2.01. The third kappa shape index (κ3) is 2.38. The lowest BCUT2D eigenvalue weighted by Crippen LogP contribution is -2.09. The summed E-state index contributed by atoms with van der Waals surface area (Å²) >= 11 is 0. The third-order valence-electron chi connectivity index (χ3n) is 2.15. The number of fused-ring (bicyclic) bond motifs is 1. The predicted octanol–water partition coefficient (Wildman–Crippen LogP) is -0.282. The molecule has 9 nitrogen and oxygen atoms in total. The number of aryl methyl sites for hydroxylation is 1. The van der Waals surface area contributed by atoms with E-state index in [9.17, 15) is 14.9 Å². The normalized spacial score (nSPS) is 10.6. The van der Waals surface area contributed by atoms with E-state index in [-0.39, 0.29) is 12.2 Å². The van der Waals surface area contributed by atoms with E-state index in [0.717, 1.165) is 0 Å². The number of aromatic amines is 1. The monoisotopic (exact) mass is 239 g/mol. The second-order valence-electron chi connectivity index (χ2n) is 3.25. The van der Waals surface area contributed by atoms with Crippen LogP contribution in [0.4, 0.5) is 0 Å². The summed E-state index contributed by atoms with van der Waals surface area (Å²) in [5.41, 5.74) is 0.192. The number of H-pyrrole nitrogens is 1. The first-order chi connectivity index (χ1) is 8.18. The molecule has 0 spiro atoms. The smallest absolute Gasteiger partial charge is 0.294 e. The summed E-state index contributed by atoms with van der Waals surface area (Å²) in [7, 11) is 0. The zero-order chi connectivity index (χ0) is 12.3. The number of nitrogens with one attached hydrogen (secondary N) is 1. The van der Waals surface area contributed by atoms with E-state index in [4.69, 9.17) is 0 Å².